The Morgan fingerprint density at radius 3 is 1.97 bits per heavy atom. The Balaban J connectivity index is 1.74. The van der Waals surface area contributed by atoms with E-state index in [0.717, 1.165) is 5.56 Å². The van der Waals surface area contributed by atoms with Crippen molar-refractivity contribution >= 4 is 23.2 Å². The van der Waals surface area contributed by atoms with Crippen molar-refractivity contribution in [3.05, 3.63) is 72.3 Å². The Morgan fingerprint density at radius 1 is 0.806 bits per heavy atom. The number of carbonyl (C=O) groups is 2. The van der Waals surface area contributed by atoms with Crippen LogP contribution in [-0.2, 0) is 9.59 Å². The molecule has 3 aromatic rings. The first kappa shape index (κ1) is 24.9. The van der Waals surface area contributed by atoms with E-state index in [1.807, 2.05) is 36.4 Å². The van der Waals surface area contributed by atoms with Crippen molar-refractivity contribution in [2.75, 3.05) is 38.7 Å². The monoisotopic (exact) mass is 490 g/mol. The molecule has 2 atom stereocenters. The van der Waals surface area contributed by atoms with Gasteiger partial charge in [-0.2, -0.15) is 0 Å². The van der Waals surface area contributed by atoms with E-state index in [2.05, 4.69) is 5.32 Å². The standard InChI is InChI=1S/C28H30N2O6/c1-33-20-9-5-18(6-10-20)27-23(28(32)29-24-17-22(35-3)13-15-25(24)36-4)14-16-26(31)30(27)19-7-11-21(34-2)12-8-19/h5-13,15,17,23,27H,14,16H2,1-4H3,(H,29,32). The molecule has 2 unspecified atom stereocenters. The first-order valence-electron chi connectivity index (χ1n) is 11.6. The van der Waals surface area contributed by atoms with E-state index < -0.39 is 12.0 Å². The third-order valence-electron chi connectivity index (χ3n) is 6.41. The van der Waals surface area contributed by atoms with Crippen LogP contribution in [0.3, 0.4) is 0 Å². The molecule has 1 N–H and O–H groups in total. The molecule has 1 fully saturated rings. The minimum absolute atomic E-state index is 0.0519. The fourth-order valence-corrected chi connectivity index (χ4v) is 4.53. The van der Waals surface area contributed by atoms with Crippen LogP contribution in [0.25, 0.3) is 0 Å². The van der Waals surface area contributed by atoms with Gasteiger partial charge < -0.3 is 29.2 Å². The predicted molar refractivity (Wildman–Crippen MR) is 137 cm³/mol. The van der Waals surface area contributed by atoms with Crippen molar-refractivity contribution < 1.29 is 28.5 Å². The maximum Gasteiger partial charge on any atom is 0.230 e. The van der Waals surface area contributed by atoms with E-state index in [-0.39, 0.29) is 18.2 Å². The molecule has 1 heterocycles. The average Bonchev–Trinajstić information content (AvgIpc) is 2.92. The van der Waals surface area contributed by atoms with E-state index in [0.29, 0.717) is 40.8 Å². The van der Waals surface area contributed by atoms with Gasteiger partial charge in [-0.1, -0.05) is 12.1 Å². The van der Waals surface area contributed by atoms with Gasteiger partial charge in [0.2, 0.25) is 11.8 Å². The van der Waals surface area contributed by atoms with Crippen molar-refractivity contribution in [2.45, 2.75) is 18.9 Å². The lowest BCUT2D eigenvalue weighted by atomic mass is 9.83. The third kappa shape index (κ3) is 5.07. The number of amides is 2. The average molecular weight is 491 g/mol. The molecule has 1 saturated heterocycles. The van der Waals surface area contributed by atoms with E-state index in [1.165, 1.54) is 0 Å². The van der Waals surface area contributed by atoms with Gasteiger partial charge in [-0.3, -0.25) is 9.59 Å². The summed E-state index contributed by atoms with van der Waals surface area (Å²) in [7, 11) is 6.30. The van der Waals surface area contributed by atoms with Crippen LogP contribution in [0.2, 0.25) is 0 Å². The Hall–Kier alpha value is -4.20. The molecule has 4 rings (SSSR count). The van der Waals surface area contributed by atoms with Crippen LogP contribution in [-0.4, -0.2) is 40.3 Å². The Labute approximate surface area is 210 Å². The van der Waals surface area contributed by atoms with Gasteiger partial charge in [0.05, 0.1) is 46.1 Å². The van der Waals surface area contributed by atoms with Gasteiger partial charge in [0.1, 0.15) is 23.0 Å². The first-order valence-corrected chi connectivity index (χ1v) is 11.6. The molecule has 0 aliphatic carbocycles. The van der Waals surface area contributed by atoms with E-state index in [4.69, 9.17) is 18.9 Å². The van der Waals surface area contributed by atoms with Crippen molar-refractivity contribution in [3.8, 4) is 23.0 Å². The van der Waals surface area contributed by atoms with Gasteiger partial charge in [0.25, 0.3) is 0 Å². The normalized spacial score (nSPS) is 17.3. The maximum absolute atomic E-state index is 13.7. The lowest BCUT2D eigenvalue weighted by molar-refractivity contribution is -0.125. The summed E-state index contributed by atoms with van der Waals surface area (Å²) in [6, 6.07) is 19.4. The fourth-order valence-electron chi connectivity index (χ4n) is 4.53. The number of nitrogens with one attached hydrogen (secondary N) is 1. The Morgan fingerprint density at radius 2 is 1.39 bits per heavy atom. The highest BCUT2D eigenvalue weighted by Gasteiger charge is 2.41. The van der Waals surface area contributed by atoms with E-state index in [9.17, 15) is 9.59 Å². The number of anilines is 2. The zero-order valence-electron chi connectivity index (χ0n) is 20.8. The smallest absolute Gasteiger partial charge is 0.230 e. The molecular formula is C28H30N2O6. The highest BCUT2D eigenvalue weighted by Crippen LogP contribution is 2.42. The van der Waals surface area contributed by atoms with Crippen LogP contribution in [0.4, 0.5) is 11.4 Å². The maximum atomic E-state index is 13.7. The third-order valence-corrected chi connectivity index (χ3v) is 6.41. The zero-order valence-corrected chi connectivity index (χ0v) is 20.8. The van der Waals surface area contributed by atoms with Crippen LogP contribution < -0.4 is 29.2 Å². The molecule has 0 bridgehead atoms. The molecular weight excluding hydrogens is 460 g/mol. The number of hydrogen-bond acceptors (Lipinski definition) is 6. The predicted octanol–water partition coefficient (Wildman–Crippen LogP) is 4.84. The second kappa shape index (κ2) is 11.0. The number of piperidine rings is 1. The summed E-state index contributed by atoms with van der Waals surface area (Å²) in [6.45, 7) is 0. The number of methoxy groups -OCH3 is 4. The number of ether oxygens (including phenoxy) is 4. The van der Waals surface area contributed by atoms with Crippen molar-refractivity contribution in [2.24, 2.45) is 5.92 Å². The number of carbonyl (C=O) groups excluding carboxylic acids is 2. The quantitative estimate of drug-likeness (QED) is 0.486. The SMILES string of the molecule is COc1ccc(C2C(C(=O)Nc3cc(OC)ccc3OC)CCC(=O)N2c2ccc(OC)cc2)cc1. The molecule has 8 nitrogen and oxygen atoms in total. The summed E-state index contributed by atoms with van der Waals surface area (Å²) in [5.41, 5.74) is 2.03. The molecule has 0 radical (unpaired) electrons. The second-order valence-corrected chi connectivity index (χ2v) is 8.38. The van der Waals surface area contributed by atoms with Gasteiger partial charge in [0, 0.05) is 18.2 Å². The molecule has 2 amide bonds. The fraction of sp³-hybridized carbons (Fsp3) is 0.286. The van der Waals surface area contributed by atoms with Crippen LogP contribution in [0, 0.1) is 5.92 Å². The lowest BCUT2D eigenvalue weighted by Crippen LogP contribution is -2.47. The summed E-state index contributed by atoms with van der Waals surface area (Å²) in [5, 5.41) is 3.01. The summed E-state index contributed by atoms with van der Waals surface area (Å²) in [6.07, 6.45) is 0.645. The van der Waals surface area contributed by atoms with Crippen LogP contribution in [0.1, 0.15) is 24.4 Å². The molecule has 0 aromatic heterocycles. The number of benzene rings is 3. The summed E-state index contributed by atoms with van der Waals surface area (Å²) >= 11 is 0. The van der Waals surface area contributed by atoms with Gasteiger partial charge in [-0.25, -0.2) is 0 Å². The molecule has 0 saturated carbocycles. The topological polar surface area (TPSA) is 86.3 Å². The van der Waals surface area contributed by atoms with Crippen LogP contribution in [0.5, 0.6) is 23.0 Å². The number of nitrogens with zero attached hydrogens (tertiary/aromatic N) is 1. The number of rotatable bonds is 8. The van der Waals surface area contributed by atoms with Gasteiger partial charge in [-0.05, 0) is 60.5 Å². The zero-order chi connectivity index (χ0) is 25.7. The molecule has 1 aliphatic heterocycles. The van der Waals surface area contributed by atoms with Gasteiger partial charge in [-0.15, -0.1) is 0 Å². The van der Waals surface area contributed by atoms with Crippen LogP contribution >= 0.6 is 0 Å². The summed E-state index contributed by atoms with van der Waals surface area (Å²) in [4.78, 5) is 28.7. The van der Waals surface area contributed by atoms with Crippen molar-refractivity contribution in [1.82, 2.24) is 0 Å². The molecule has 36 heavy (non-hydrogen) atoms. The van der Waals surface area contributed by atoms with Crippen molar-refractivity contribution in [1.29, 1.82) is 0 Å². The molecule has 0 spiro atoms. The molecule has 188 valence electrons. The van der Waals surface area contributed by atoms with Gasteiger partial charge in [0.15, 0.2) is 0 Å². The first-order chi connectivity index (χ1) is 17.5. The van der Waals surface area contributed by atoms with E-state index in [1.54, 1.807) is 63.7 Å². The highest BCUT2D eigenvalue weighted by atomic mass is 16.5. The summed E-state index contributed by atoms with van der Waals surface area (Å²) in [5.74, 6) is 1.70. The minimum Gasteiger partial charge on any atom is -0.497 e. The largest absolute Gasteiger partial charge is 0.497 e. The van der Waals surface area contributed by atoms with E-state index >= 15 is 0 Å². The molecule has 3 aromatic carbocycles. The minimum atomic E-state index is -0.526. The highest BCUT2D eigenvalue weighted by molar-refractivity contribution is 6.00. The van der Waals surface area contributed by atoms with Crippen molar-refractivity contribution in [3.63, 3.8) is 0 Å². The summed E-state index contributed by atoms with van der Waals surface area (Å²) < 4.78 is 21.4. The second-order valence-electron chi connectivity index (χ2n) is 8.38. The van der Waals surface area contributed by atoms with Crippen LogP contribution in [0.15, 0.2) is 66.7 Å². The Kier molecular flexibility index (Phi) is 7.63. The molecule has 8 heteroatoms. The van der Waals surface area contributed by atoms with Gasteiger partial charge >= 0.3 is 0 Å². The molecule has 1 aliphatic rings. The lowest BCUT2D eigenvalue weighted by Gasteiger charge is -2.41. The number of hydrogen-bond donors (Lipinski definition) is 1. The Bertz CT molecular complexity index is 1210.